The first-order valence-corrected chi connectivity index (χ1v) is 11.0. The van der Waals surface area contributed by atoms with Crippen LogP contribution in [-0.4, -0.2) is 40.5 Å². The summed E-state index contributed by atoms with van der Waals surface area (Å²) in [4.78, 5) is 39.9. The molecular formula is C23H27ClN4O3. The minimum Gasteiger partial charge on any atom is -0.326 e. The third kappa shape index (κ3) is 4.46. The van der Waals surface area contributed by atoms with Gasteiger partial charge in [-0.2, -0.15) is 0 Å². The predicted octanol–water partition coefficient (Wildman–Crippen LogP) is 3.29. The highest BCUT2D eigenvalue weighted by atomic mass is 35.5. The number of rotatable bonds is 4. The lowest BCUT2D eigenvalue weighted by Crippen LogP contribution is -2.56. The number of aromatic nitrogens is 1. The molecule has 1 saturated heterocycles. The lowest BCUT2D eigenvalue weighted by molar-refractivity contribution is -0.118. The second kappa shape index (κ2) is 8.75. The van der Waals surface area contributed by atoms with Crippen molar-refractivity contribution in [3.63, 3.8) is 0 Å². The Hall–Kier alpha value is -2.80. The Morgan fingerprint density at radius 2 is 1.84 bits per heavy atom. The lowest BCUT2D eigenvalue weighted by Gasteiger charge is -2.43. The number of amides is 3. The van der Waals surface area contributed by atoms with Crippen molar-refractivity contribution in [2.75, 3.05) is 18.4 Å². The highest BCUT2D eigenvalue weighted by Gasteiger charge is 2.37. The molecule has 2 aromatic rings. The molecule has 0 saturated carbocycles. The molecule has 0 spiro atoms. The van der Waals surface area contributed by atoms with Gasteiger partial charge in [0, 0.05) is 37.3 Å². The van der Waals surface area contributed by atoms with E-state index >= 15 is 0 Å². The van der Waals surface area contributed by atoms with Gasteiger partial charge in [0.05, 0.1) is 10.7 Å². The molecule has 4 rings (SSSR count). The van der Waals surface area contributed by atoms with Crippen LogP contribution in [0.25, 0.3) is 0 Å². The van der Waals surface area contributed by atoms with Gasteiger partial charge < -0.3 is 20.1 Å². The molecule has 2 aliphatic rings. The third-order valence-corrected chi connectivity index (χ3v) is 6.46. The maximum Gasteiger partial charge on any atom is 0.318 e. The second-order valence-electron chi connectivity index (χ2n) is 8.74. The zero-order valence-corrected chi connectivity index (χ0v) is 18.4. The lowest BCUT2D eigenvalue weighted by atomic mass is 9.83. The van der Waals surface area contributed by atoms with E-state index in [-0.39, 0.29) is 35.3 Å². The second-order valence-corrected chi connectivity index (χ2v) is 9.15. The van der Waals surface area contributed by atoms with Crippen molar-refractivity contribution >= 4 is 29.2 Å². The molecule has 2 N–H and O–H groups in total. The molecule has 8 heteroatoms. The monoisotopic (exact) mass is 442 g/mol. The van der Waals surface area contributed by atoms with Crippen LogP contribution in [0.2, 0.25) is 5.02 Å². The Kier molecular flexibility index (Phi) is 6.05. The molecule has 3 amide bonds. The van der Waals surface area contributed by atoms with Gasteiger partial charge in [-0.15, -0.1) is 0 Å². The summed E-state index contributed by atoms with van der Waals surface area (Å²) in [5.41, 5.74) is 1.52. The van der Waals surface area contributed by atoms with Crippen molar-refractivity contribution in [3.05, 3.63) is 63.5 Å². The van der Waals surface area contributed by atoms with E-state index in [4.69, 9.17) is 11.6 Å². The van der Waals surface area contributed by atoms with Crippen LogP contribution in [0, 0.1) is 11.8 Å². The number of para-hydroxylation sites is 1. The molecule has 31 heavy (non-hydrogen) atoms. The Labute approximate surface area is 186 Å². The molecular weight excluding hydrogens is 416 g/mol. The van der Waals surface area contributed by atoms with Crippen LogP contribution < -0.4 is 16.2 Å². The number of likely N-dealkylation sites (tertiary alicyclic amines) is 1. The van der Waals surface area contributed by atoms with Gasteiger partial charge in [0.1, 0.15) is 6.04 Å². The Morgan fingerprint density at radius 1 is 1.06 bits per heavy atom. The normalized spacial score (nSPS) is 20.7. The van der Waals surface area contributed by atoms with Crippen LogP contribution in [0.3, 0.4) is 0 Å². The summed E-state index contributed by atoms with van der Waals surface area (Å²) in [6.45, 7) is 5.51. The van der Waals surface area contributed by atoms with Crippen molar-refractivity contribution < 1.29 is 9.59 Å². The number of nitrogens with zero attached hydrogens (tertiary/aromatic N) is 2. The number of hydrogen-bond donors (Lipinski definition) is 2. The fourth-order valence-electron chi connectivity index (χ4n) is 4.59. The fourth-order valence-corrected chi connectivity index (χ4v) is 4.78. The van der Waals surface area contributed by atoms with Gasteiger partial charge in [-0.1, -0.05) is 43.6 Å². The van der Waals surface area contributed by atoms with E-state index in [2.05, 4.69) is 10.6 Å². The van der Waals surface area contributed by atoms with E-state index in [1.807, 2.05) is 24.5 Å². The molecule has 1 aromatic carbocycles. The summed E-state index contributed by atoms with van der Waals surface area (Å²) in [6.07, 6.45) is 0.966. The first-order valence-electron chi connectivity index (χ1n) is 10.6. The smallest absolute Gasteiger partial charge is 0.318 e. The largest absolute Gasteiger partial charge is 0.326 e. The molecule has 2 bridgehead atoms. The number of nitrogens with one attached hydrogen (secondary N) is 2. The van der Waals surface area contributed by atoms with Gasteiger partial charge >= 0.3 is 6.03 Å². The number of carbonyl (C=O) groups is 2. The molecule has 7 nitrogen and oxygen atoms in total. The third-order valence-electron chi connectivity index (χ3n) is 6.13. The van der Waals surface area contributed by atoms with Crippen LogP contribution >= 0.6 is 11.6 Å². The van der Waals surface area contributed by atoms with Crippen LogP contribution in [0.5, 0.6) is 0 Å². The summed E-state index contributed by atoms with van der Waals surface area (Å²) in [7, 11) is 0. The summed E-state index contributed by atoms with van der Waals surface area (Å²) >= 11 is 6.15. The number of hydrogen-bond acceptors (Lipinski definition) is 3. The summed E-state index contributed by atoms with van der Waals surface area (Å²) < 4.78 is 1.84. The quantitative estimate of drug-likeness (QED) is 0.762. The molecule has 2 aliphatic heterocycles. The van der Waals surface area contributed by atoms with E-state index < -0.39 is 6.04 Å². The minimum absolute atomic E-state index is 0.0150. The number of pyridine rings is 1. The van der Waals surface area contributed by atoms with E-state index in [9.17, 15) is 14.4 Å². The molecule has 3 atom stereocenters. The van der Waals surface area contributed by atoms with Crippen LogP contribution in [0.15, 0.2) is 47.3 Å². The first-order chi connectivity index (χ1) is 14.8. The minimum atomic E-state index is -0.694. The Bertz CT molecular complexity index is 1050. The highest BCUT2D eigenvalue weighted by Crippen LogP contribution is 2.35. The fraction of sp³-hybridized carbons (Fsp3) is 0.435. The van der Waals surface area contributed by atoms with Gasteiger partial charge in [-0.05, 0) is 36.5 Å². The standard InChI is InChI=1S/C23H27ClN4O3/c1-14(2)21(22(30)25-18-7-4-3-6-17(18)24)26-23(31)27-11-15-10-16(13-27)19-8-5-9-20(29)28(19)12-15/h3-9,14-16,21H,10-13H2,1-2H3,(H,25,30)(H,26,31)/t15-,16-,21-/m0/s1. The SMILES string of the molecule is CC(C)[C@H](NC(=O)N1C[C@@H]2C[C@@H](C1)c1cccc(=O)n1C2)C(=O)Nc1ccccc1Cl. The van der Waals surface area contributed by atoms with E-state index in [0.29, 0.717) is 30.3 Å². The van der Waals surface area contributed by atoms with Crippen LogP contribution in [-0.2, 0) is 11.3 Å². The Morgan fingerprint density at radius 3 is 2.58 bits per heavy atom. The maximum absolute atomic E-state index is 13.1. The molecule has 0 radical (unpaired) electrons. The van der Waals surface area contributed by atoms with Crippen molar-refractivity contribution in [1.82, 2.24) is 14.8 Å². The number of anilines is 1. The van der Waals surface area contributed by atoms with Crippen LogP contribution in [0.4, 0.5) is 10.5 Å². The molecule has 164 valence electrons. The van der Waals surface area contributed by atoms with E-state index in [1.54, 1.807) is 41.3 Å². The Balaban J connectivity index is 1.46. The van der Waals surface area contributed by atoms with Gasteiger partial charge in [0.25, 0.3) is 5.56 Å². The number of halogens is 1. The summed E-state index contributed by atoms with van der Waals surface area (Å²) in [5, 5.41) is 6.18. The average Bonchev–Trinajstić information content (AvgIpc) is 2.74. The van der Waals surface area contributed by atoms with Gasteiger partial charge in [-0.25, -0.2) is 4.79 Å². The molecule has 0 aliphatic carbocycles. The van der Waals surface area contributed by atoms with Crippen LogP contribution in [0.1, 0.15) is 31.9 Å². The van der Waals surface area contributed by atoms with Crippen molar-refractivity contribution in [1.29, 1.82) is 0 Å². The topological polar surface area (TPSA) is 83.4 Å². The predicted molar refractivity (Wildman–Crippen MR) is 120 cm³/mol. The highest BCUT2D eigenvalue weighted by molar-refractivity contribution is 6.33. The van der Waals surface area contributed by atoms with E-state index in [1.165, 1.54) is 0 Å². The van der Waals surface area contributed by atoms with Crippen molar-refractivity contribution in [2.24, 2.45) is 11.8 Å². The van der Waals surface area contributed by atoms with Gasteiger partial charge in [-0.3, -0.25) is 9.59 Å². The first kappa shape index (κ1) is 21.4. The van der Waals surface area contributed by atoms with E-state index in [0.717, 1.165) is 12.1 Å². The molecule has 3 heterocycles. The van der Waals surface area contributed by atoms with Gasteiger partial charge in [0.15, 0.2) is 0 Å². The molecule has 1 fully saturated rings. The number of benzene rings is 1. The zero-order chi connectivity index (χ0) is 22.1. The zero-order valence-electron chi connectivity index (χ0n) is 17.7. The maximum atomic E-state index is 13.1. The summed E-state index contributed by atoms with van der Waals surface area (Å²) in [5.74, 6) is -0.0475. The number of carbonyl (C=O) groups excluding carboxylic acids is 2. The molecule has 0 unspecified atom stereocenters. The van der Waals surface area contributed by atoms with Gasteiger partial charge in [0.2, 0.25) is 5.91 Å². The number of fused-ring (bicyclic) bond motifs is 4. The number of urea groups is 1. The average molecular weight is 443 g/mol. The summed E-state index contributed by atoms with van der Waals surface area (Å²) in [6, 6.07) is 11.4. The van der Waals surface area contributed by atoms with Crippen molar-refractivity contribution in [3.8, 4) is 0 Å². The number of piperidine rings is 1. The van der Waals surface area contributed by atoms with Crippen molar-refractivity contribution in [2.45, 2.75) is 38.8 Å². The molecule has 1 aromatic heterocycles.